The first kappa shape index (κ1) is 15.4. The van der Waals surface area contributed by atoms with Crippen molar-refractivity contribution >= 4 is 0 Å². The van der Waals surface area contributed by atoms with Crippen molar-refractivity contribution in [3.63, 3.8) is 0 Å². The van der Waals surface area contributed by atoms with Crippen LogP contribution in [0.1, 0.15) is 35.1 Å². The number of methoxy groups -OCH3 is 1. The van der Waals surface area contributed by atoms with Crippen molar-refractivity contribution in [1.82, 2.24) is 0 Å². The van der Waals surface area contributed by atoms with E-state index in [2.05, 4.69) is 0 Å². The minimum Gasteiger partial charge on any atom is -0.374 e. The predicted molar refractivity (Wildman–Crippen MR) is 54.9 cm³/mol. The Morgan fingerprint density at radius 2 is 1.46 bits per heavy atom. The van der Waals surface area contributed by atoms with Gasteiger partial charge in [0.2, 0.25) is 0 Å². The van der Waals surface area contributed by atoms with Gasteiger partial charge < -0.3 is 14.2 Å². The van der Waals surface area contributed by atoms with Crippen LogP contribution in [0, 0.1) is 0 Å². The Labute approximate surface area is 82.4 Å². The van der Waals surface area contributed by atoms with Gasteiger partial charge in [-0.25, -0.2) is 0 Å². The molecule has 0 amide bonds. The van der Waals surface area contributed by atoms with Crippen LogP contribution in [0.4, 0.5) is 0 Å². The molecule has 0 rings (SSSR count). The van der Waals surface area contributed by atoms with E-state index in [0.717, 1.165) is 0 Å². The number of ether oxygens (including phenoxy) is 3. The van der Waals surface area contributed by atoms with Crippen LogP contribution in [0.3, 0.4) is 0 Å². The molecule has 0 unspecified atom stereocenters. The average molecular weight is 192 g/mol. The van der Waals surface area contributed by atoms with Gasteiger partial charge >= 0.3 is 0 Å². The van der Waals surface area contributed by atoms with E-state index in [-0.39, 0.29) is 19.3 Å². The van der Waals surface area contributed by atoms with Gasteiger partial charge in [0.1, 0.15) is 5.60 Å². The number of rotatable bonds is 6. The van der Waals surface area contributed by atoms with Crippen LogP contribution in [-0.4, -0.2) is 32.2 Å². The van der Waals surface area contributed by atoms with E-state index in [1.165, 1.54) is 0 Å². The molecule has 0 atom stereocenters. The lowest BCUT2D eigenvalue weighted by Gasteiger charge is -2.31. The summed E-state index contributed by atoms with van der Waals surface area (Å²) in [5, 5.41) is 0. The second-order valence-electron chi connectivity index (χ2n) is 3.05. The zero-order valence-corrected chi connectivity index (χ0v) is 8.72. The summed E-state index contributed by atoms with van der Waals surface area (Å²) in [6, 6.07) is 0. The first-order valence-electron chi connectivity index (χ1n) is 4.36. The van der Waals surface area contributed by atoms with Crippen LogP contribution in [0.5, 0.6) is 0 Å². The molecule has 3 heteroatoms. The van der Waals surface area contributed by atoms with E-state index < -0.39 is 0 Å². The predicted octanol–water partition coefficient (Wildman–Crippen LogP) is 2.45. The third kappa shape index (κ3) is 5.24. The lowest BCUT2D eigenvalue weighted by atomic mass is 10.1. The minimum atomic E-state index is -0.383. The average Bonchev–Trinajstić information content (AvgIpc) is 2.04. The van der Waals surface area contributed by atoms with Crippen molar-refractivity contribution in [1.29, 1.82) is 0 Å². The molecule has 3 nitrogen and oxygen atoms in total. The third-order valence-electron chi connectivity index (χ3n) is 1.73. The summed E-state index contributed by atoms with van der Waals surface area (Å²) >= 11 is 0. The lowest BCUT2D eigenvalue weighted by molar-refractivity contribution is -0.231. The standard InChI is InChI=1S/C9H20O3.CH4/c1-6-11-8(12-7-2)9(3,4)10-5;/h8H,6-7H2,1-5H3;1H4. The van der Waals surface area contributed by atoms with Gasteiger partial charge in [0, 0.05) is 20.3 Å². The highest BCUT2D eigenvalue weighted by molar-refractivity contribution is 4.72. The highest BCUT2D eigenvalue weighted by Crippen LogP contribution is 2.17. The topological polar surface area (TPSA) is 27.7 Å². The summed E-state index contributed by atoms with van der Waals surface area (Å²) in [4.78, 5) is 0. The highest BCUT2D eigenvalue weighted by Gasteiger charge is 2.30. The molecule has 0 aromatic heterocycles. The van der Waals surface area contributed by atoms with E-state index >= 15 is 0 Å². The van der Waals surface area contributed by atoms with E-state index in [0.29, 0.717) is 13.2 Å². The first-order valence-corrected chi connectivity index (χ1v) is 4.36. The van der Waals surface area contributed by atoms with Gasteiger partial charge in [0.15, 0.2) is 6.29 Å². The van der Waals surface area contributed by atoms with Crippen LogP contribution < -0.4 is 0 Å². The molecule has 0 bridgehead atoms. The Hall–Kier alpha value is -0.120. The quantitative estimate of drug-likeness (QED) is 0.605. The van der Waals surface area contributed by atoms with Gasteiger partial charge in [0.05, 0.1) is 0 Å². The molecule has 0 saturated heterocycles. The van der Waals surface area contributed by atoms with Gasteiger partial charge in [-0.3, -0.25) is 0 Å². The molecule has 0 spiro atoms. The maximum Gasteiger partial charge on any atom is 0.185 e. The van der Waals surface area contributed by atoms with Crippen LogP contribution in [0.15, 0.2) is 0 Å². The number of hydrogen-bond acceptors (Lipinski definition) is 3. The Kier molecular flexibility index (Phi) is 8.62. The number of hydrogen-bond donors (Lipinski definition) is 0. The van der Waals surface area contributed by atoms with E-state index in [1.807, 2.05) is 27.7 Å². The minimum absolute atomic E-state index is 0. The van der Waals surface area contributed by atoms with E-state index in [9.17, 15) is 0 Å². The van der Waals surface area contributed by atoms with E-state index in [4.69, 9.17) is 14.2 Å². The summed E-state index contributed by atoms with van der Waals surface area (Å²) < 4.78 is 16.0. The summed E-state index contributed by atoms with van der Waals surface area (Å²) in [5.74, 6) is 0. The van der Waals surface area contributed by atoms with Gasteiger partial charge in [-0.1, -0.05) is 7.43 Å². The Balaban J connectivity index is 0. The van der Waals surface area contributed by atoms with Crippen molar-refractivity contribution in [3.8, 4) is 0 Å². The Morgan fingerprint density at radius 1 is 1.08 bits per heavy atom. The second-order valence-corrected chi connectivity index (χ2v) is 3.05. The van der Waals surface area contributed by atoms with Gasteiger partial charge in [-0.05, 0) is 27.7 Å². The summed E-state index contributed by atoms with van der Waals surface area (Å²) in [6.45, 7) is 9.05. The van der Waals surface area contributed by atoms with Gasteiger partial charge in [-0.2, -0.15) is 0 Å². The van der Waals surface area contributed by atoms with Crippen molar-refractivity contribution in [2.75, 3.05) is 20.3 Å². The molecule has 0 aromatic carbocycles. The molecule has 0 N–H and O–H groups in total. The molecule has 0 aliphatic carbocycles. The Morgan fingerprint density at radius 3 is 1.69 bits per heavy atom. The fraction of sp³-hybridized carbons (Fsp3) is 1.00. The maximum absolute atomic E-state index is 5.39. The maximum atomic E-state index is 5.39. The summed E-state index contributed by atoms with van der Waals surface area (Å²) in [7, 11) is 1.66. The largest absolute Gasteiger partial charge is 0.374 e. The monoisotopic (exact) mass is 192 g/mol. The molecule has 0 saturated carbocycles. The van der Waals surface area contributed by atoms with Crippen LogP contribution in [-0.2, 0) is 14.2 Å². The lowest BCUT2D eigenvalue weighted by Crippen LogP contribution is -2.42. The molecule has 0 aromatic rings. The smallest absolute Gasteiger partial charge is 0.185 e. The summed E-state index contributed by atoms with van der Waals surface area (Å²) in [5.41, 5.74) is -0.383. The molecule has 0 aliphatic rings. The highest BCUT2D eigenvalue weighted by atomic mass is 16.7. The molecule has 0 radical (unpaired) electrons. The molecule has 0 aliphatic heterocycles. The molecular formula is C10H24O3. The SMILES string of the molecule is C.CCOC(OCC)C(C)(C)OC. The normalized spacial score (nSPS) is 11.5. The van der Waals surface area contributed by atoms with Crippen LogP contribution in [0.25, 0.3) is 0 Å². The first-order chi connectivity index (χ1) is 5.58. The van der Waals surface area contributed by atoms with Gasteiger partial charge in [-0.15, -0.1) is 0 Å². The third-order valence-corrected chi connectivity index (χ3v) is 1.73. The zero-order chi connectivity index (χ0) is 9.61. The fourth-order valence-electron chi connectivity index (χ4n) is 0.848. The van der Waals surface area contributed by atoms with Crippen LogP contribution >= 0.6 is 0 Å². The zero-order valence-electron chi connectivity index (χ0n) is 8.72. The van der Waals surface area contributed by atoms with Crippen molar-refractivity contribution < 1.29 is 14.2 Å². The molecular weight excluding hydrogens is 168 g/mol. The van der Waals surface area contributed by atoms with Crippen molar-refractivity contribution in [2.45, 2.75) is 47.0 Å². The van der Waals surface area contributed by atoms with Gasteiger partial charge in [0.25, 0.3) is 0 Å². The second kappa shape index (κ2) is 7.30. The van der Waals surface area contributed by atoms with Crippen molar-refractivity contribution in [3.05, 3.63) is 0 Å². The fourth-order valence-corrected chi connectivity index (χ4v) is 0.848. The Bertz CT molecular complexity index is 107. The molecule has 0 fully saturated rings. The van der Waals surface area contributed by atoms with Crippen LogP contribution in [0.2, 0.25) is 0 Å². The van der Waals surface area contributed by atoms with Crippen molar-refractivity contribution in [2.24, 2.45) is 0 Å². The van der Waals surface area contributed by atoms with E-state index in [1.54, 1.807) is 7.11 Å². The summed E-state index contributed by atoms with van der Waals surface area (Å²) in [6.07, 6.45) is -0.280. The molecule has 82 valence electrons. The molecule has 0 heterocycles. The molecule has 13 heavy (non-hydrogen) atoms.